The van der Waals surface area contributed by atoms with Gasteiger partial charge in [0, 0.05) is 17.6 Å². The maximum absolute atomic E-state index is 10.8. The van der Waals surface area contributed by atoms with Crippen molar-refractivity contribution in [3.63, 3.8) is 0 Å². The maximum Gasteiger partial charge on any atom is 0.335 e. The van der Waals surface area contributed by atoms with Gasteiger partial charge in [-0.3, -0.25) is 0 Å². The number of thiophene rings is 1. The highest BCUT2D eigenvalue weighted by molar-refractivity contribution is 7.09. The third-order valence-electron chi connectivity index (χ3n) is 2.26. The van der Waals surface area contributed by atoms with E-state index in [1.807, 2.05) is 11.4 Å². The molecule has 0 aliphatic rings. The summed E-state index contributed by atoms with van der Waals surface area (Å²) >= 11 is 1.71. The largest absolute Gasteiger partial charge is 0.478 e. The first-order valence-electron chi connectivity index (χ1n) is 5.21. The van der Waals surface area contributed by atoms with Crippen molar-refractivity contribution in [3.8, 4) is 0 Å². The summed E-state index contributed by atoms with van der Waals surface area (Å²) in [6, 6.07) is 7.11. The van der Waals surface area contributed by atoms with Gasteiger partial charge in [0.25, 0.3) is 0 Å². The minimum Gasteiger partial charge on any atom is -0.478 e. The molecule has 2 aromatic rings. The van der Waals surface area contributed by atoms with Crippen molar-refractivity contribution >= 4 is 23.1 Å². The van der Waals surface area contributed by atoms with E-state index in [9.17, 15) is 4.79 Å². The lowest BCUT2D eigenvalue weighted by molar-refractivity contribution is 0.0697. The molecule has 2 N–H and O–H groups in total. The molecule has 0 saturated heterocycles. The lowest BCUT2D eigenvalue weighted by Gasteiger charge is -2.04. The van der Waals surface area contributed by atoms with Gasteiger partial charge >= 0.3 is 5.97 Å². The quantitative estimate of drug-likeness (QED) is 0.853. The molecule has 2 rings (SSSR count). The van der Waals surface area contributed by atoms with Gasteiger partial charge in [-0.2, -0.15) is 0 Å². The highest BCUT2D eigenvalue weighted by Gasteiger charge is 2.03. The average molecular weight is 248 g/mol. The first-order valence-corrected chi connectivity index (χ1v) is 6.09. The number of carbonyl (C=O) groups is 1. The average Bonchev–Trinajstić information content (AvgIpc) is 2.82. The number of carboxylic acid groups (broad SMARTS) is 1. The van der Waals surface area contributed by atoms with Crippen LogP contribution in [-0.4, -0.2) is 22.6 Å². The van der Waals surface area contributed by atoms with Crippen LogP contribution in [0.2, 0.25) is 0 Å². The normalized spacial score (nSPS) is 10.1. The Morgan fingerprint density at radius 1 is 1.47 bits per heavy atom. The maximum atomic E-state index is 10.8. The van der Waals surface area contributed by atoms with Crippen LogP contribution in [0.1, 0.15) is 15.2 Å². The van der Waals surface area contributed by atoms with E-state index in [-0.39, 0.29) is 5.56 Å². The molecule has 0 saturated carbocycles. The van der Waals surface area contributed by atoms with Crippen molar-refractivity contribution in [3.05, 3.63) is 46.3 Å². The third kappa shape index (κ3) is 3.29. The Bertz CT molecular complexity index is 497. The third-order valence-corrected chi connectivity index (χ3v) is 3.20. The second-order valence-corrected chi connectivity index (χ2v) is 4.52. The van der Waals surface area contributed by atoms with Crippen LogP contribution in [-0.2, 0) is 6.42 Å². The summed E-state index contributed by atoms with van der Waals surface area (Å²) in [6.45, 7) is 0.747. The molecule has 0 bridgehead atoms. The lowest BCUT2D eigenvalue weighted by atomic mass is 10.2. The first-order chi connectivity index (χ1) is 8.25. The zero-order valence-corrected chi connectivity index (χ0v) is 9.91. The molecule has 0 aliphatic carbocycles. The van der Waals surface area contributed by atoms with Crippen LogP contribution >= 0.6 is 11.3 Å². The predicted molar refractivity (Wildman–Crippen MR) is 67.7 cm³/mol. The zero-order valence-electron chi connectivity index (χ0n) is 9.09. The number of anilines is 1. The fourth-order valence-electron chi connectivity index (χ4n) is 1.43. The van der Waals surface area contributed by atoms with E-state index < -0.39 is 5.97 Å². The summed E-state index contributed by atoms with van der Waals surface area (Å²) < 4.78 is 0. The number of hydrogen-bond donors (Lipinski definition) is 2. The van der Waals surface area contributed by atoms with Crippen LogP contribution in [0.3, 0.4) is 0 Å². The highest BCUT2D eigenvalue weighted by atomic mass is 32.1. The summed E-state index contributed by atoms with van der Waals surface area (Å²) in [5, 5.41) is 14.0. The fourth-order valence-corrected chi connectivity index (χ4v) is 2.14. The SMILES string of the molecule is O=C(O)c1ccnc(NCCc2cccs2)c1. The van der Waals surface area contributed by atoms with Crippen LogP contribution in [0.25, 0.3) is 0 Å². The lowest BCUT2D eigenvalue weighted by Crippen LogP contribution is -2.06. The van der Waals surface area contributed by atoms with Crippen LogP contribution in [0.15, 0.2) is 35.8 Å². The molecule has 0 spiro atoms. The van der Waals surface area contributed by atoms with E-state index in [0.717, 1.165) is 13.0 Å². The molecular weight excluding hydrogens is 236 g/mol. The molecule has 0 radical (unpaired) electrons. The second-order valence-electron chi connectivity index (χ2n) is 3.49. The van der Waals surface area contributed by atoms with Crippen molar-refractivity contribution in [1.29, 1.82) is 0 Å². The van der Waals surface area contributed by atoms with Crippen LogP contribution in [0.4, 0.5) is 5.82 Å². The van der Waals surface area contributed by atoms with Crippen molar-refractivity contribution < 1.29 is 9.90 Å². The van der Waals surface area contributed by atoms with Crippen molar-refractivity contribution in [2.45, 2.75) is 6.42 Å². The van der Waals surface area contributed by atoms with Gasteiger partial charge in [-0.05, 0) is 30.0 Å². The van der Waals surface area contributed by atoms with Gasteiger partial charge in [-0.15, -0.1) is 11.3 Å². The molecule has 0 aliphatic heterocycles. The number of nitrogens with one attached hydrogen (secondary N) is 1. The number of aromatic nitrogens is 1. The van der Waals surface area contributed by atoms with E-state index in [2.05, 4.69) is 16.4 Å². The van der Waals surface area contributed by atoms with E-state index in [0.29, 0.717) is 5.82 Å². The summed E-state index contributed by atoms with van der Waals surface area (Å²) in [4.78, 5) is 16.1. The predicted octanol–water partition coefficient (Wildman–Crippen LogP) is 2.50. The molecule has 0 fully saturated rings. The highest BCUT2D eigenvalue weighted by Crippen LogP contribution is 2.10. The van der Waals surface area contributed by atoms with E-state index in [4.69, 9.17) is 5.11 Å². The molecule has 0 aromatic carbocycles. The Morgan fingerprint density at radius 3 is 3.06 bits per heavy atom. The summed E-state index contributed by atoms with van der Waals surface area (Å²) in [5.74, 6) is -0.338. The van der Waals surface area contributed by atoms with Crippen LogP contribution < -0.4 is 5.32 Å². The summed E-state index contributed by atoms with van der Waals surface area (Å²) in [5.41, 5.74) is 0.249. The number of rotatable bonds is 5. The van der Waals surface area contributed by atoms with Gasteiger partial charge in [0.15, 0.2) is 0 Å². The van der Waals surface area contributed by atoms with E-state index in [1.54, 1.807) is 11.3 Å². The van der Waals surface area contributed by atoms with Gasteiger partial charge in [0.1, 0.15) is 5.82 Å². The van der Waals surface area contributed by atoms with E-state index in [1.165, 1.54) is 23.2 Å². The van der Waals surface area contributed by atoms with Crippen LogP contribution in [0, 0.1) is 0 Å². The molecule has 0 amide bonds. The molecule has 4 nitrogen and oxygen atoms in total. The fraction of sp³-hybridized carbons (Fsp3) is 0.167. The monoisotopic (exact) mass is 248 g/mol. The Balaban J connectivity index is 1.90. The number of aromatic carboxylic acids is 1. The Kier molecular flexibility index (Phi) is 3.72. The molecule has 0 unspecified atom stereocenters. The first kappa shape index (κ1) is 11.6. The number of nitrogens with zero attached hydrogens (tertiary/aromatic N) is 1. The smallest absolute Gasteiger partial charge is 0.335 e. The minimum atomic E-state index is -0.936. The number of carboxylic acids is 1. The van der Waals surface area contributed by atoms with Gasteiger partial charge in [0.05, 0.1) is 5.56 Å². The van der Waals surface area contributed by atoms with E-state index >= 15 is 0 Å². The van der Waals surface area contributed by atoms with Crippen molar-refractivity contribution in [2.24, 2.45) is 0 Å². The molecular formula is C12H12N2O2S. The molecule has 0 atom stereocenters. The molecule has 2 aromatic heterocycles. The van der Waals surface area contributed by atoms with Gasteiger partial charge in [-0.1, -0.05) is 6.07 Å². The molecule has 88 valence electrons. The van der Waals surface area contributed by atoms with Gasteiger partial charge in [-0.25, -0.2) is 9.78 Å². The number of hydrogen-bond acceptors (Lipinski definition) is 4. The van der Waals surface area contributed by atoms with Crippen molar-refractivity contribution in [2.75, 3.05) is 11.9 Å². The molecule has 2 heterocycles. The Hall–Kier alpha value is -1.88. The number of pyridine rings is 1. The Labute approximate surface area is 103 Å². The Morgan fingerprint density at radius 2 is 2.35 bits per heavy atom. The topological polar surface area (TPSA) is 62.2 Å². The summed E-state index contributed by atoms with van der Waals surface area (Å²) in [6.07, 6.45) is 2.41. The molecule has 5 heteroatoms. The van der Waals surface area contributed by atoms with Gasteiger partial charge in [0.2, 0.25) is 0 Å². The summed E-state index contributed by atoms with van der Waals surface area (Å²) in [7, 11) is 0. The van der Waals surface area contributed by atoms with Crippen molar-refractivity contribution in [1.82, 2.24) is 4.98 Å². The second kappa shape index (κ2) is 5.45. The van der Waals surface area contributed by atoms with Gasteiger partial charge < -0.3 is 10.4 Å². The minimum absolute atomic E-state index is 0.249. The molecule has 17 heavy (non-hydrogen) atoms. The van der Waals surface area contributed by atoms with Crippen LogP contribution in [0.5, 0.6) is 0 Å². The standard InChI is InChI=1S/C12H12N2O2S/c15-12(16)9-3-5-13-11(8-9)14-6-4-10-2-1-7-17-10/h1-3,5,7-8H,4,6H2,(H,13,14)(H,15,16). The zero-order chi connectivity index (χ0) is 12.1.